The number of fused-ring (bicyclic) bond motifs is 1. The summed E-state index contributed by atoms with van der Waals surface area (Å²) in [6.07, 6.45) is 6.09. The Morgan fingerprint density at radius 2 is 1.63 bits per heavy atom. The number of amides is 1. The lowest BCUT2D eigenvalue weighted by Gasteiger charge is -2.33. The Labute approximate surface area is 172 Å². The number of sulfonamides is 1. The lowest BCUT2D eigenvalue weighted by Crippen LogP contribution is -2.52. The molecule has 3 aromatic rings. The van der Waals surface area contributed by atoms with E-state index in [2.05, 4.69) is 15.0 Å². The van der Waals surface area contributed by atoms with Crippen LogP contribution in [0.3, 0.4) is 0 Å². The van der Waals surface area contributed by atoms with Crippen LogP contribution in [0.1, 0.15) is 11.4 Å². The van der Waals surface area contributed by atoms with Crippen LogP contribution in [0.15, 0.2) is 66.1 Å². The first-order valence-electron chi connectivity index (χ1n) is 8.91. The van der Waals surface area contributed by atoms with Crippen molar-refractivity contribution in [1.82, 2.24) is 24.7 Å². The van der Waals surface area contributed by atoms with Crippen molar-refractivity contribution < 1.29 is 23.2 Å². The first-order chi connectivity index (χ1) is 14.5. The Morgan fingerprint density at radius 3 is 2.30 bits per heavy atom. The first-order valence-corrected chi connectivity index (χ1v) is 10.4. The Morgan fingerprint density at radius 1 is 1.00 bits per heavy atom. The molecule has 0 spiro atoms. The van der Waals surface area contributed by atoms with Gasteiger partial charge in [-0.05, 0) is 36.4 Å². The zero-order chi connectivity index (χ0) is 21.1. The average molecular weight is 427 g/mol. The minimum absolute atomic E-state index is 0.00195. The number of carbonyl (C=O) groups excluding carboxylic acids is 1. The number of nitrogens with one attached hydrogen (secondary N) is 1. The fraction of sp³-hybridized carbons (Fsp3) is 0.158. The van der Waals surface area contributed by atoms with Gasteiger partial charge in [-0.1, -0.05) is 0 Å². The molecule has 2 aromatic heterocycles. The van der Waals surface area contributed by atoms with Crippen molar-refractivity contribution >= 4 is 15.9 Å². The van der Waals surface area contributed by atoms with E-state index in [1.54, 1.807) is 24.5 Å². The predicted octanol–water partition coefficient (Wildman–Crippen LogP) is 1.28. The Hall–Kier alpha value is -3.41. The molecule has 0 bridgehead atoms. The second-order valence-corrected chi connectivity index (χ2v) is 8.34. The summed E-state index contributed by atoms with van der Waals surface area (Å²) in [6.45, 7) is -0.140. The summed E-state index contributed by atoms with van der Waals surface area (Å²) in [7, 11) is -4.07. The summed E-state index contributed by atoms with van der Waals surface area (Å²) < 4.78 is 33.2. The number of nitrogens with zero attached hydrogens (tertiary/aromatic N) is 4. The Kier molecular flexibility index (Phi) is 5.40. The third-order valence-corrected chi connectivity index (χ3v) is 6.50. The molecule has 0 aliphatic carbocycles. The van der Waals surface area contributed by atoms with E-state index >= 15 is 0 Å². The standard InChI is InChI=1S/C19H17N5O5S/c25-19(23-26)18-11-16-17(22-10-9-21-16)12-24(18)30(27,28)15-3-1-13(2-4-15)29-14-5-7-20-8-6-14/h1-10,18,26H,11-12H2,(H,23,25)/t18-/m1/s1. The summed E-state index contributed by atoms with van der Waals surface area (Å²) in [4.78, 5) is 24.4. The van der Waals surface area contributed by atoms with E-state index in [-0.39, 0.29) is 17.9 Å². The molecule has 154 valence electrons. The molecule has 0 saturated carbocycles. The molecule has 0 saturated heterocycles. The molecule has 10 nitrogen and oxygen atoms in total. The molecular formula is C19H17N5O5S. The minimum Gasteiger partial charge on any atom is -0.457 e. The lowest BCUT2D eigenvalue weighted by atomic mass is 10.0. The van der Waals surface area contributed by atoms with Crippen molar-refractivity contribution in [3.05, 3.63) is 72.6 Å². The van der Waals surface area contributed by atoms with E-state index in [4.69, 9.17) is 9.94 Å². The van der Waals surface area contributed by atoms with Crippen LogP contribution in [-0.2, 0) is 27.8 Å². The molecule has 1 aliphatic heterocycles. The number of rotatable bonds is 5. The molecule has 1 atom stereocenters. The summed E-state index contributed by atoms with van der Waals surface area (Å²) in [5, 5.41) is 9.09. The highest BCUT2D eigenvalue weighted by atomic mass is 32.2. The highest BCUT2D eigenvalue weighted by Crippen LogP contribution is 2.29. The normalized spacial score (nSPS) is 16.5. The Bertz CT molecular complexity index is 1160. The monoisotopic (exact) mass is 427 g/mol. The quantitative estimate of drug-likeness (QED) is 0.459. The molecule has 30 heavy (non-hydrogen) atoms. The second kappa shape index (κ2) is 8.14. The van der Waals surface area contributed by atoms with Gasteiger partial charge in [0.05, 0.1) is 22.8 Å². The molecule has 2 N–H and O–H groups in total. The molecular weight excluding hydrogens is 410 g/mol. The maximum Gasteiger partial charge on any atom is 0.262 e. The SMILES string of the molecule is O=C(NO)[C@H]1Cc2nccnc2CN1S(=O)(=O)c1ccc(Oc2ccncc2)cc1. The van der Waals surface area contributed by atoms with Gasteiger partial charge in [0.2, 0.25) is 10.0 Å². The van der Waals surface area contributed by atoms with Gasteiger partial charge in [0.25, 0.3) is 5.91 Å². The molecule has 0 fully saturated rings. The highest BCUT2D eigenvalue weighted by Gasteiger charge is 2.40. The van der Waals surface area contributed by atoms with Crippen LogP contribution >= 0.6 is 0 Å². The van der Waals surface area contributed by atoms with Gasteiger partial charge < -0.3 is 4.74 Å². The van der Waals surface area contributed by atoms with Crippen molar-refractivity contribution in [2.45, 2.75) is 23.9 Å². The molecule has 0 unspecified atom stereocenters. The molecule has 3 heterocycles. The van der Waals surface area contributed by atoms with Crippen LogP contribution in [0, 0.1) is 0 Å². The van der Waals surface area contributed by atoms with E-state index in [0.717, 1.165) is 4.31 Å². The van der Waals surface area contributed by atoms with E-state index < -0.39 is 22.0 Å². The number of aromatic nitrogens is 3. The van der Waals surface area contributed by atoms with E-state index in [9.17, 15) is 13.2 Å². The minimum atomic E-state index is -4.07. The maximum absolute atomic E-state index is 13.3. The van der Waals surface area contributed by atoms with Crippen LogP contribution in [-0.4, -0.2) is 44.8 Å². The van der Waals surface area contributed by atoms with Crippen molar-refractivity contribution in [1.29, 1.82) is 0 Å². The van der Waals surface area contributed by atoms with Crippen LogP contribution in [0.25, 0.3) is 0 Å². The number of hydrogen-bond donors (Lipinski definition) is 2. The lowest BCUT2D eigenvalue weighted by molar-refractivity contribution is -0.133. The van der Waals surface area contributed by atoms with Crippen LogP contribution in [0.4, 0.5) is 0 Å². The Balaban J connectivity index is 1.63. The highest BCUT2D eigenvalue weighted by molar-refractivity contribution is 7.89. The fourth-order valence-electron chi connectivity index (χ4n) is 3.15. The van der Waals surface area contributed by atoms with Gasteiger partial charge in [0, 0.05) is 31.2 Å². The van der Waals surface area contributed by atoms with Gasteiger partial charge >= 0.3 is 0 Å². The van der Waals surface area contributed by atoms with Gasteiger partial charge in [0.1, 0.15) is 17.5 Å². The molecule has 1 aromatic carbocycles. The number of hydroxylamine groups is 1. The molecule has 0 radical (unpaired) electrons. The van der Waals surface area contributed by atoms with Crippen LogP contribution in [0.2, 0.25) is 0 Å². The molecule has 1 aliphatic rings. The smallest absolute Gasteiger partial charge is 0.262 e. The van der Waals surface area contributed by atoms with E-state index in [1.807, 2.05) is 0 Å². The second-order valence-electron chi connectivity index (χ2n) is 6.45. The number of pyridine rings is 1. The van der Waals surface area contributed by atoms with E-state index in [0.29, 0.717) is 22.9 Å². The third kappa shape index (κ3) is 3.85. The number of ether oxygens (including phenoxy) is 1. The zero-order valence-electron chi connectivity index (χ0n) is 15.5. The fourth-order valence-corrected chi connectivity index (χ4v) is 4.70. The molecule has 11 heteroatoms. The van der Waals surface area contributed by atoms with Gasteiger partial charge in [-0.3, -0.25) is 25.0 Å². The topological polar surface area (TPSA) is 135 Å². The van der Waals surface area contributed by atoms with Crippen molar-refractivity contribution in [2.75, 3.05) is 0 Å². The first kappa shape index (κ1) is 19.9. The number of carbonyl (C=O) groups is 1. The van der Waals surface area contributed by atoms with Crippen molar-refractivity contribution in [2.24, 2.45) is 0 Å². The molecule has 1 amide bonds. The van der Waals surface area contributed by atoms with Gasteiger partial charge in [-0.2, -0.15) is 4.31 Å². The predicted molar refractivity (Wildman–Crippen MR) is 103 cm³/mol. The maximum atomic E-state index is 13.3. The zero-order valence-corrected chi connectivity index (χ0v) is 16.4. The largest absolute Gasteiger partial charge is 0.457 e. The molecule has 4 rings (SSSR count). The van der Waals surface area contributed by atoms with Gasteiger partial charge in [-0.25, -0.2) is 13.9 Å². The third-order valence-electron chi connectivity index (χ3n) is 4.63. The van der Waals surface area contributed by atoms with Crippen LogP contribution < -0.4 is 10.2 Å². The average Bonchev–Trinajstić information content (AvgIpc) is 2.78. The van der Waals surface area contributed by atoms with Crippen LogP contribution in [0.5, 0.6) is 11.5 Å². The van der Waals surface area contributed by atoms with Crippen molar-refractivity contribution in [3.63, 3.8) is 0 Å². The van der Waals surface area contributed by atoms with Gasteiger partial charge in [-0.15, -0.1) is 0 Å². The van der Waals surface area contributed by atoms with E-state index in [1.165, 1.54) is 42.1 Å². The van der Waals surface area contributed by atoms with Crippen molar-refractivity contribution in [3.8, 4) is 11.5 Å². The summed E-state index contributed by atoms with van der Waals surface area (Å²) >= 11 is 0. The summed E-state index contributed by atoms with van der Waals surface area (Å²) in [6, 6.07) is 8.03. The number of hydrogen-bond acceptors (Lipinski definition) is 8. The number of benzene rings is 1. The summed E-state index contributed by atoms with van der Waals surface area (Å²) in [5.74, 6) is 0.165. The van der Waals surface area contributed by atoms with Gasteiger partial charge in [0.15, 0.2) is 0 Å². The summed E-state index contributed by atoms with van der Waals surface area (Å²) in [5.41, 5.74) is 2.51.